The molecule has 0 fully saturated rings. The minimum atomic E-state index is -0.745. The van der Waals surface area contributed by atoms with Crippen LogP contribution in [0.15, 0.2) is 53.4 Å². The van der Waals surface area contributed by atoms with Gasteiger partial charge in [-0.1, -0.05) is 12.1 Å². The standard InChI is InChI=1S/C16H16N4O6S/c1-11(16(21)17-22)18(10-12-2-4-13(5-3-12)19(23)24)27-15-8-6-14(7-9-15)20(25)26/h2-9,11,22H,10H2,1H3,(H,17,21). The van der Waals surface area contributed by atoms with Crippen molar-refractivity contribution < 1.29 is 19.8 Å². The van der Waals surface area contributed by atoms with Crippen molar-refractivity contribution in [3.63, 3.8) is 0 Å². The Bertz CT molecular complexity index is 768. The summed E-state index contributed by atoms with van der Waals surface area (Å²) in [7, 11) is 0. The third-order valence-corrected chi connectivity index (χ3v) is 4.84. The number of nitro benzene ring substituents is 2. The number of nitro groups is 2. The van der Waals surface area contributed by atoms with Crippen LogP contribution in [0.3, 0.4) is 0 Å². The van der Waals surface area contributed by atoms with E-state index >= 15 is 0 Å². The molecule has 2 rings (SSSR count). The molecular weight excluding hydrogens is 376 g/mol. The summed E-state index contributed by atoms with van der Waals surface area (Å²) in [5.41, 5.74) is 2.21. The minimum absolute atomic E-state index is 0.0468. The number of rotatable bonds is 8. The summed E-state index contributed by atoms with van der Waals surface area (Å²) in [6, 6.07) is 10.9. The van der Waals surface area contributed by atoms with Crippen LogP contribution in [0, 0.1) is 20.2 Å². The Morgan fingerprint density at radius 2 is 1.56 bits per heavy atom. The first-order valence-corrected chi connectivity index (χ1v) is 8.45. The van der Waals surface area contributed by atoms with Crippen LogP contribution in [-0.4, -0.2) is 31.3 Å². The summed E-state index contributed by atoms with van der Waals surface area (Å²) in [5, 5.41) is 30.4. The average Bonchev–Trinajstić information content (AvgIpc) is 2.67. The number of carbonyl (C=O) groups excluding carboxylic acids is 1. The van der Waals surface area contributed by atoms with Gasteiger partial charge < -0.3 is 0 Å². The van der Waals surface area contributed by atoms with Gasteiger partial charge in [0.25, 0.3) is 17.3 Å². The lowest BCUT2D eigenvalue weighted by molar-refractivity contribution is -0.385. The number of nitrogens with zero attached hydrogens (tertiary/aromatic N) is 3. The van der Waals surface area contributed by atoms with Gasteiger partial charge >= 0.3 is 0 Å². The van der Waals surface area contributed by atoms with Gasteiger partial charge in [0, 0.05) is 35.7 Å². The van der Waals surface area contributed by atoms with E-state index in [2.05, 4.69) is 0 Å². The Kier molecular flexibility index (Phi) is 6.82. The molecule has 0 aliphatic carbocycles. The molecule has 0 aliphatic rings. The zero-order valence-electron chi connectivity index (χ0n) is 14.1. The molecule has 10 nitrogen and oxygen atoms in total. The first-order chi connectivity index (χ1) is 12.8. The molecule has 0 saturated heterocycles. The fourth-order valence-corrected chi connectivity index (χ4v) is 3.14. The predicted molar refractivity (Wildman–Crippen MR) is 97.0 cm³/mol. The van der Waals surface area contributed by atoms with Crippen LogP contribution in [0.4, 0.5) is 11.4 Å². The van der Waals surface area contributed by atoms with Gasteiger partial charge in [-0.05, 0) is 36.6 Å². The van der Waals surface area contributed by atoms with Gasteiger partial charge in [0.2, 0.25) is 0 Å². The lowest BCUT2D eigenvalue weighted by atomic mass is 10.2. The Labute approximate surface area is 158 Å². The molecule has 142 valence electrons. The van der Waals surface area contributed by atoms with E-state index in [1.54, 1.807) is 41.0 Å². The molecular formula is C16H16N4O6S. The molecule has 1 unspecified atom stereocenters. The molecule has 1 atom stereocenters. The summed E-state index contributed by atoms with van der Waals surface area (Å²) >= 11 is 1.17. The Balaban J connectivity index is 2.21. The molecule has 2 N–H and O–H groups in total. The second-order valence-electron chi connectivity index (χ2n) is 5.49. The molecule has 0 heterocycles. The zero-order chi connectivity index (χ0) is 20.0. The number of hydroxylamine groups is 1. The van der Waals surface area contributed by atoms with Crippen molar-refractivity contribution in [1.29, 1.82) is 0 Å². The van der Waals surface area contributed by atoms with Gasteiger partial charge in [-0.3, -0.25) is 30.2 Å². The molecule has 2 aromatic rings. The summed E-state index contributed by atoms with van der Waals surface area (Å²) < 4.78 is 1.65. The number of benzene rings is 2. The van der Waals surface area contributed by atoms with Crippen LogP contribution in [0.2, 0.25) is 0 Å². The van der Waals surface area contributed by atoms with Crippen LogP contribution in [0.25, 0.3) is 0 Å². The topological polar surface area (TPSA) is 139 Å². The van der Waals surface area contributed by atoms with Crippen LogP contribution in [0.5, 0.6) is 0 Å². The van der Waals surface area contributed by atoms with Crippen molar-refractivity contribution in [2.45, 2.75) is 24.4 Å². The molecule has 11 heteroatoms. The molecule has 0 saturated carbocycles. The number of hydrogen-bond acceptors (Lipinski definition) is 8. The van der Waals surface area contributed by atoms with E-state index in [0.29, 0.717) is 10.5 Å². The number of hydrogen-bond donors (Lipinski definition) is 2. The van der Waals surface area contributed by atoms with E-state index in [-0.39, 0.29) is 17.9 Å². The molecule has 0 aromatic heterocycles. The number of nitrogens with one attached hydrogen (secondary N) is 1. The normalized spacial score (nSPS) is 11.8. The smallest absolute Gasteiger partial charge is 0.269 e. The van der Waals surface area contributed by atoms with Crippen molar-refractivity contribution >= 4 is 29.2 Å². The zero-order valence-corrected chi connectivity index (χ0v) is 15.0. The number of amides is 1. The largest absolute Gasteiger partial charge is 0.289 e. The summed E-state index contributed by atoms with van der Waals surface area (Å²) in [4.78, 5) is 33.0. The second kappa shape index (κ2) is 9.07. The maximum Gasteiger partial charge on any atom is 0.269 e. The van der Waals surface area contributed by atoms with Crippen molar-refractivity contribution in [3.05, 3.63) is 74.3 Å². The van der Waals surface area contributed by atoms with Crippen LogP contribution in [0.1, 0.15) is 12.5 Å². The first-order valence-electron chi connectivity index (χ1n) is 7.68. The Hall–Kier alpha value is -3.02. The summed E-state index contributed by atoms with van der Waals surface area (Å²) in [5.74, 6) is -0.633. The van der Waals surface area contributed by atoms with Crippen LogP contribution >= 0.6 is 11.9 Å². The highest BCUT2D eigenvalue weighted by Crippen LogP contribution is 2.29. The maximum absolute atomic E-state index is 11.8. The van der Waals surface area contributed by atoms with Gasteiger partial charge in [-0.25, -0.2) is 9.79 Å². The van der Waals surface area contributed by atoms with Crippen molar-refractivity contribution in [1.82, 2.24) is 9.79 Å². The lowest BCUT2D eigenvalue weighted by Gasteiger charge is -2.26. The quantitative estimate of drug-likeness (QED) is 0.302. The van der Waals surface area contributed by atoms with Crippen molar-refractivity contribution in [3.8, 4) is 0 Å². The van der Waals surface area contributed by atoms with Gasteiger partial charge in [0.15, 0.2) is 0 Å². The fourth-order valence-electron chi connectivity index (χ4n) is 2.14. The molecule has 0 spiro atoms. The third kappa shape index (κ3) is 5.48. The van der Waals surface area contributed by atoms with E-state index in [9.17, 15) is 25.0 Å². The molecule has 1 amide bonds. The highest BCUT2D eigenvalue weighted by Gasteiger charge is 2.23. The van der Waals surface area contributed by atoms with Crippen LogP contribution in [-0.2, 0) is 11.3 Å². The highest BCUT2D eigenvalue weighted by molar-refractivity contribution is 7.97. The van der Waals surface area contributed by atoms with Gasteiger partial charge in [0.1, 0.15) is 0 Å². The maximum atomic E-state index is 11.8. The third-order valence-electron chi connectivity index (χ3n) is 3.68. The summed E-state index contributed by atoms with van der Waals surface area (Å²) in [6.07, 6.45) is 0. The second-order valence-corrected chi connectivity index (χ2v) is 6.62. The molecule has 27 heavy (non-hydrogen) atoms. The SMILES string of the molecule is CC(C(=O)NO)N(Cc1ccc([N+](=O)[O-])cc1)Sc1ccc([N+](=O)[O-])cc1. The average molecular weight is 392 g/mol. The summed E-state index contributed by atoms with van der Waals surface area (Å²) in [6.45, 7) is 1.82. The molecule has 0 radical (unpaired) electrons. The molecule has 2 aromatic carbocycles. The van der Waals surface area contributed by atoms with Gasteiger partial charge in [-0.2, -0.15) is 0 Å². The lowest BCUT2D eigenvalue weighted by Crippen LogP contribution is -2.40. The molecule has 0 bridgehead atoms. The molecule has 0 aliphatic heterocycles. The van der Waals surface area contributed by atoms with Crippen LogP contribution < -0.4 is 5.48 Å². The van der Waals surface area contributed by atoms with Crippen molar-refractivity contribution in [2.24, 2.45) is 0 Å². The highest BCUT2D eigenvalue weighted by atomic mass is 32.2. The van der Waals surface area contributed by atoms with E-state index in [0.717, 1.165) is 0 Å². The predicted octanol–water partition coefficient (Wildman–Crippen LogP) is 2.91. The van der Waals surface area contributed by atoms with E-state index in [4.69, 9.17) is 5.21 Å². The van der Waals surface area contributed by atoms with Gasteiger partial charge in [-0.15, -0.1) is 0 Å². The number of non-ortho nitro benzene ring substituents is 2. The Morgan fingerprint density at radius 1 is 1.07 bits per heavy atom. The monoisotopic (exact) mass is 392 g/mol. The minimum Gasteiger partial charge on any atom is -0.289 e. The van der Waals surface area contributed by atoms with Crippen molar-refractivity contribution in [2.75, 3.05) is 0 Å². The van der Waals surface area contributed by atoms with E-state index < -0.39 is 21.8 Å². The van der Waals surface area contributed by atoms with E-state index in [1.807, 2.05) is 0 Å². The van der Waals surface area contributed by atoms with E-state index in [1.165, 1.54) is 36.2 Å². The van der Waals surface area contributed by atoms with Gasteiger partial charge in [0.05, 0.1) is 15.9 Å². The Morgan fingerprint density at radius 3 is 2.00 bits per heavy atom. The number of carbonyl (C=O) groups is 1. The first kappa shape index (κ1) is 20.3. The fraction of sp³-hybridized carbons (Fsp3) is 0.188.